The molecule has 0 heterocycles. The molecule has 0 amide bonds. The Hall–Kier alpha value is -0.590. The van der Waals surface area contributed by atoms with Gasteiger partial charge in [0.05, 0.1) is 18.8 Å². The van der Waals surface area contributed by atoms with E-state index in [0.29, 0.717) is 12.5 Å². The molecule has 0 saturated carbocycles. The molecule has 0 bridgehead atoms. The molecule has 0 fully saturated rings. The highest BCUT2D eigenvalue weighted by molar-refractivity contribution is 4.89. The number of nitrogens with one attached hydrogen (secondary N) is 1. The molecule has 3 heteroatoms. The smallest absolute Gasteiger partial charge is 0.119 e. The molecule has 2 unspecified atom stereocenters. The zero-order valence-electron chi connectivity index (χ0n) is 9.00. The second-order valence-corrected chi connectivity index (χ2v) is 3.52. The minimum Gasteiger partial charge on any atom is -0.376 e. The van der Waals surface area contributed by atoms with Gasteiger partial charge in [-0.3, -0.25) is 0 Å². The molecule has 13 heavy (non-hydrogen) atoms. The summed E-state index contributed by atoms with van der Waals surface area (Å²) in [7, 11) is 0. The van der Waals surface area contributed by atoms with Crippen molar-refractivity contribution in [3.63, 3.8) is 0 Å². The maximum absolute atomic E-state index is 8.72. The topological polar surface area (TPSA) is 45.0 Å². The lowest BCUT2D eigenvalue weighted by Crippen LogP contribution is -2.34. The molecule has 0 aromatic rings. The van der Waals surface area contributed by atoms with Crippen molar-refractivity contribution in [3.8, 4) is 6.07 Å². The third-order valence-corrected chi connectivity index (χ3v) is 2.07. The van der Waals surface area contributed by atoms with Gasteiger partial charge in [0, 0.05) is 0 Å². The quantitative estimate of drug-likeness (QED) is 0.681. The molecular formula is C10H20N2O. The number of ether oxygens (including phenoxy) is 1. The first-order valence-corrected chi connectivity index (χ1v) is 4.86. The van der Waals surface area contributed by atoms with Gasteiger partial charge < -0.3 is 10.1 Å². The van der Waals surface area contributed by atoms with E-state index in [4.69, 9.17) is 10.00 Å². The van der Waals surface area contributed by atoms with Crippen LogP contribution in [0, 0.1) is 17.2 Å². The Labute approximate surface area is 81.1 Å². The van der Waals surface area contributed by atoms with Crippen molar-refractivity contribution < 1.29 is 4.74 Å². The van der Waals surface area contributed by atoms with Crippen LogP contribution in [-0.4, -0.2) is 25.3 Å². The largest absolute Gasteiger partial charge is 0.376 e. The predicted molar refractivity (Wildman–Crippen MR) is 53.3 cm³/mol. The standard InChI is InChI=1S/C10H20N2O/c1-5-12-10(6-11)7-13-9(4)8(2)3/h8-10,12H,5,7H2,1-4H3. The van der Waals surface area contributed by atoms with Crippen molar-refractivity contribution in [1.29, 1.82) is 5.26 Å². The SMILES string of the molecule is CCNC(C#N)COC(C)C(C)C. The van der Waals surface area contributed by atoms with E-state index >= 15 is 0 Å². The summed E-state index contributed by atoms with van der Waals surface area (Å²) in [6.07, 6.45) is 0.217. The van der Waals surface area contributed by atoms with Crippen molar-refractivity contribution in [3.05, 3.63) is 0 Å². The van der Waals surface area contributed by atoms with E-state index in [1.54, 1.807) is 0 Å². The van der Waals surface area contributed by atoms with Crippen LogP contribution in [0.1, 0.15) is 27.7 Å². The summed E-state index contributed by atoms with van der Waals surface area (Å²) in [6.45, 7) is 9.52. The van der Waals surface area contributed by atoms with Gasteiger partial charge in [-0.1, -0.05) is 20.8 Å². The summed E-state index contributed by atoms with van der Waals surface area (Å²) < 4.78 is 5.52. The summed E-state index contributed by atoms with van der Waals surface area (Å²) in [4.78, 5) is 0. The highest BCUT2D eigenvalue weighted by Crippen LogP contribution is 2.05. The number of hydrogen-bond donors (Lipinski definition) is 1. The monoisotopic (exact) mass is 184 g/mol. The fraction of sp³-hybridized carbons (Fsp3) is 0.900. The number of nitriles is 1. The van der Waals surface area contributed by atoms with Crippen molar-refractivity contribution in [1.82, 2.24) is 5.32 Å². The first-order chi connectivity index (χ1) is 6.11. The molecule has 0 aliphatic heterocycles. The van der Waals surface area contributed by atoms with Gasteiger partial charge in [0.1, 0.15) is 6.04 Å². The van der Waals surface area contributed by atoms with Crippen molar-refractivity contribution in [2.24, 2.45) is 5.92 Å². The number of hydrogen-bond acceptors (Lipinski definition) is 3. The van der Waals surface area contributed by atoms with Crippen LogP contribution in [0.4, 0.5) is 0 Å². The summed E-state index contributed by atoms with van der Waals surface area (Å²) in [5, 5.41) is 11.8. The van der Waals surface area contributed by atoms with Gasteiger partial charge in [-0.15, -0.1) is 0 Å². The van der Waals surface area contributed by atoms with Gasteiger partial charge in [-0.25, -0.2) is 0 Å². The van der Waals surface area contributed by atoms with Gasteiger partial charge in [0.25, 0.3) is 0 Å². The Morgan fingerprint density at radius 1 is 1.38 bits per heavy atom. The lowest BCUT2D eigenvalue weighted by atomic mass is 10.1. The number of rotatable bonds is 6. The van der Waals surface area contributed by atoms with Gasteiger partial charge in [-0.2, -0.15) is 5.26 Å². The van der Waals surface area contributed by atoms with Crippen LogP contribution < -0.4 is 5.32 Å². The summed E-state index contributed by atoms with van der Waals surface area (Å²) in [5.41, 5.74) is 0. The normalized spacial score (nSPS) is 15.4. The Morgan fingerprint density at radius 2 is 2.00 bits per heavy atom. The molecule has 76 valence electrons. The van der Waals surface area contributed by atoms with Crippen molar-refractivity contribution in [2.75, 3.05) is 13.2 Å². The van der Waals surface area contributed by atoms with E-state index in [2.05, 4.69) is 25.2 Å². The summed E-state index contributed by atoms with van der Waals surface area (Å²) in [6, 6.07) is 1.99. The average Bonchev–Trinajstić information content (AvgIpc) is 2.11. The fourth-order valence-corrected chi connectivity index (χ4v) is 0.829. The first kappa shape index (κ1) is 12.4. The number of nitrogens with zero attached hydrogens (tertiary/aromatic N) is 1. The minimum atomic E-state index is -0.175. The summed E-state index contributed by atoms with van der Waals surface area (Å²) in [5.74, 6) is 0.501. The Kier molecular flexibility index (Phi) is 6.56. The second kappa shape index (κ2) is 6.88. The molecule has 2 atom stereocenters. The van der Waals surface area contributed by atoms with Gasteiger partial charge >= 0.3 is 0 Å². The maximum atomic E-state index is 8.72. The van der Waals surface area contributed by atoms with E-state index in [9.17, 15) is 0 Å². The third-order valence-electron chi connectivity index (χ3n) is 2.07. The molecule has 0 saturated heterocycles. The van der Waals surface area contributed by atoms with E-state index in [-0.39, 0.29) is 12.1 Å². The predicted octanol–water partition coefficient (Wildman–Crippen LogP) is 1.55. The minimum absolute atomic E-state index is 0.175. The fourth-order valence-electron chi connectivity index (χ4n) is 0.829. The van der Waals surface area contributed by atoms with Crippen LogP contribution in [0.5, 0.6) is 0 Å². The molecule has 0 aromatic carbocycles. The maximum Gasteiger partial charge on any atom is 0.119 e. The van der Waals surface area contributed by atoms with E-state index in [1.807, 2.05) is 13.8 Å². The Balaban J connectivity index is 3.66. The van der Waals surface area contributed by atoms with Crippen LogP contribution in [0.25, 0.3) is 0 Å². The molecule has 0 aromatic heterocycles. The second-order valence-electron chi connectivity index (χ2n) is 3.52. The highest BCUT2D eigenvalue weighted by atomic mass is 16.5. The highest BCUT2D eigenvalue weighted by Gasteiger charge is 2.11. The molecule has 1 N–H and O–H groups in total. The third kappa shape index (κ3) is 5.62. The molecule has 0 rings (SSSR count). The Bertz CT molecular complexity index is 163. The number of likely N-dealkylation sites (N-methyl/N-ethyl adjacent to an activating group) is 1. The lowest BCUT2D eigenvalue weighted by Gasteiger charge is -2.18. The van der Waals surface area contributed by atoms with Crippen LogP contribution in [0.15, 0.2) is 0 Å². The van der Waals surface area contributed by atoms with E-state index < -0.39 is 0 Å². The van der Waals surface area contributed by atoms with Gasteiger partial charge in [0.2, 0.25) is 0 Å². The van der Waals surface area contributed by atoms with E-state index in [1.165, 1.54) is 0 Å². The Morgan fingerprint density at radius 3 is 2.38 bits per heavy atom. The molecular weight excluding hydrogens is 164 g/mol. The molecule has 0 aliphatic rings. The lowest BCUT2D eigenvalue weighted by molar-refractivity contribution is 0.0295. The van der Waals surface area contributed by atoms with Crippen LogP contribution in [0.3, 0.4) is 0 Å². The summed E-state index contributed by atoms with van der Waals surface area (Å²) >= 11 is 0. The van der Waals surface area contributed by atoms with E-state index in [0.717, 1.165) is 6.54 Å². The van der Waals surface area contributed by atoms with Crippen molar-refractivity contribution >= 4 is 0 Å². The average molecular weight is 184 g/mol. The van der Waals surface area contributed by atoms with Crippen LogP contribution in [0.2, 0.25) is 0 Å². The molecule has 3 nitrogen and oxygen atoms in total. The zero-order chi connectivity index (χ0) is 10.3. The molecule has 0 radical (unpaired) electrons. The zero-order valence-corrected chi connectivity index (χ0v) is 9.00. The van der Waals surface area contributed by atoms with Gasteiger partial charge in [0.15, 0.2) is 0 Å². The first-order valence-electron chi connectivity index (χ1n) is 4.86. The van der Waals surface area contributed by atoms with Crippen molar-refractivity contribution in [2.45, 2.75) is 39.8 Å². The van der Waals surface area contributed by atoms with Gasteiger partial charge in [-0.05, 0) is 19.4 Å². The van der Waals surface area contributed by atoms with Crippen LogP contribution in [-0.2, 0) is 4.74 Å². The molecule has 0 spiro atoms. The molecule has 0 aliphatic carbocycles. The van der Waals surface area contributed by atoms with Crippen LogP contribution >= 0.6 is 0 Å².